The van der Waals surface area contributed by atoms with Crippen molar-refractivity contribution in [3.8, 4) is 0 Å². The van der Waals surface area contributed by atoms with Gasteiger partial charge in [-0.1, -0.05) is 6.08 Å². The van der Waals surface area contributed by atoms with E-state index in [2.05, 4.69) is 6.58 Å². The topological polar surface area (TPSA) is 70.6 Å². The first kappa shape index (κ1) is 21.7. The zero-order valence-corrected chi connectivity index (χ0v) is 19.6. The zero-order chi connectivity index (χ0) is 21.3. The van der Waals surface area contributed by atoms with Gasteiger partial charge in [0.15, 0.2) is 5.13 Å². The summed E-state index contributed by atoms with van der Waals surface area (Å²) in [6.45, 7) is 6.77. The second kappa shape index (κ2) is 8.90. The smallest absolute Gasteiger partial charge is 0.252 e. The summed E-state index contributed by atoms with van der Waals surface area (Å²) in [6.07, 6.45) is 7.38. The van der Waals surface area contributed by atoms with E-state index in [1.807, 2.05) is 13.0 Å². The van der Waals surface area contributed by atoms with Crippen molar-refractivity contribution in [2.75, 3.05) is 24.5 Å². The number of amides is 1. The number of carbonyl (C=O) groups excluding carboxylic acids is 1. The lowest BCUT2D eigenvalue weighted by Gasteiger charge is -2.33. The number of carbonyl (C=O) groups is 1. The maximum atomic E-state index is 13.4. The second-order valence-corrected chi connectivity index (χ2v) is 12.4. The Morgan fingerprint density at radius 3 is 2.80 bits per heavy atom. The molecule has 2 aromatic rings. The fourth-order valence-electron chi connectivity index (χ4n) is 4.11. The van der Waals surface area contributed by atoms with E-state index in [0.29, 0.717) is 30.1 Å². The Hall–Kier alpha value is -1.55. The molecule has 1 aliphatic heterocycles. The number of aromatic nitrogens is 1. The van der Waals surface area contributed by atoms with Crippen LogP contribution in [0, 0.1) is 12.8 Å². The van der Waals surface area contributed by atoms with Crippen LogP contribution in [0.25, 0.3) is 0 Å². The van der Waals surface area contributed by atoms with Crippen LogP contribution >= 0.6 is 22.7 Å². The van der Waals surface area contributed by atoms with Gasteiger partial charge in [0.1, 0.15) is 4.21 Å². The Bertz CT molecular complexity index is 1020. The Labute approximate surface area is 186 Å². The number of rotatable bonds is 6. The van der Waals surface area contributed by atoms with Crippen LogP contribution in [-0.4, -0.2) is 43.2 Å². The molecule has 2 aliphatic rings. The van der Waals surface area contributed by atoms with E-state index < -0.39 is 10.0 Å². The summed E-state index contributed by atoms with van der Waals surface area (Å²) in [5.41, 5.74) is 1.11. The summed E-state index contributed by atoms with van der Waals surface area (Å²) in [7, 11) is -3.56. The number of fused-ring (bicyclic) bond motifs is 1. The normalized spacial score (nSPS) is 20.0. The third-order valence-electron chi connectivity index (χ3n) is 5.69. The highest BCUT2D eigenvalue weighted by molar-refractivity contribution is 7.91. The minimum absolute atomic E-state index is 0.0525. The highest BCUT2D eigenvalue weighted by Crippen LogP contribution is 2.34. The molecule has 0 aromatic carbocycles. The quantitative estimate of drug-likeness (QED) is 0.605. The van der Waals surface area contributed by atoms with Gasteiger partial charge >= 0.3 is 0 Å². The molecule has 30 heavy (non-hydrogen) atoms. The molecule has 0 saturated carbocycles. The van der Waals surface area contributed by atoms with Gasteiger partial charge in [-0.2, -0.15) is 4.31 Å². The number of aryl methyl sites for hydroxylation is 3. The van der Waals surface area contributed by atoms with Gasteiger partial charge in [0.25, 0.3) is 10.0 Å². The molecule has 1 amide bonds. The molecule has 0 bridgehead atoms. The highest BCUT2D eigenvalue weighted by Gasteiger charge is 2.36. The molecular weight excluding hydrogens is 438 g/mol. The molecule has 6 nitrogen and oxygen atoms in total. The SMILES string of the molecule is C=CCN(C(=O)[C@@H]1CCCN(S(=O)(=O)c2ccc(C)s2)C1)c1nc2c(s1)CCCC2. The van der Waals surface area contributed by atoms with Gasteiger partial charge in [-0.25, -0.2) is 13.4 Å². The molecule has 0 radical (unpaired) electrons. The van der Waals surface area contributed by atoms with E-state index in [1.165, 1.54) is 26.9 Å². The first-order valence-electron chi connectivity index (χ1n) is 10.4. The highest BCUT2D eigenvalue weighted by atomic mass is 32.2. The molecule has 1 fully saturated rings. The van der Waals surface area contributed by atoms with Crippen LogP contribution in [0.3, 0.4) is 0 Å². The lowest BCUT2D eigenvalue weighted by molar-refractivity contribution is -0.123. The fraction of sp³-hybridized carbons (Fsp3) is 0.524. The summed E-state index contributed by atoms with van der Waals surface area (Å²) in [5, 5.41) is 0.723. The van der Waals surface area contributed by atoms with Crippen molar-refractivity contribution in [2.24, 2.45) is 5.92 Å². The van der Waals surface area contributed by atoms with Crippen LogP contribution in [-0.2, 0) is 27.7 Å². The van der Waals surface area contributed by atoms with Gasteiger partial charge in [0.2, 0.25) is 5.91 Å². The molecule has 0 spiro atoms. The van der Waals surface area contributed by atoms with Crippen molar-refractivity contribution < 1.29 is 13.2 Å². The molecule has 3 heterocycles. The molecule has 2 aromatic heterocycles. The lowest BCUT2D eigenvalue weighted by Crippen LogP contribution is -2.46. The predicted octanol–water partition coefficient (Wildman–Crippen LogP) is 4.01. The third-order valence-corrected chi connectivity index (χ3v) is 10.2. The standard InChI is InChI=1S/C21H27N3O3S3/c1-3-12-24(21-22-17-8-4-5-9-18(17)29-21)20(25)16-7-6-13-23(14-16)30(26,27)19-11-10-15(2)28-19/h3,10-11,16H,1,4-9,12-14H2,2H3/t16-/m1/s1. The van der Waals surface area contributed by atoms with E-state index >= 15 is 0 Å². The molecular formula is C21H27N3O3S3. The molecule has 0 unspecified atom stereocenters. The van der Waals surface area contributed by atoms with Gasteiger partial charge in [-0.3, -0.25) is 9.69 Å². The second-order valence-electron chi connectivity index (χ2n) is 7.88. The van der Waals surface area contributed by atoms with Crippen LogP contribution in [0.1, 0.15) is 41.1 Å². The van der Waals surface area contributed by atoms with Crippen LogP contribution in [0.5, 0.6) is 0 Å². The summed E-state index contributed by atoms with van der Waals surface area (Å²) < 4.78 is 27.9. The predicted molar refractivity (Wildman–Crippen MR) is 122 cm³/mol. The number of hydrogen-bond donors (Lipinski definition) is 0. The van der Waals surface area contributed by atoms with Gasteiger partial charge in [-0.15, -0.1) is 29.3 Å². The number of thiazole rings is 1. The molecule has 1 aliphatic carbocycles. The monoisotopic (exact) mass is 465 g/mol. The zero-order valence-electron chi connectivity index (χ0n) is 17.2. The molecule has 9 heteroatoms. The van der Waals surface area contributed by atoms with Crippen LogP contribution in [0.15, 0.2) is 29.0 Å². The van der Waals surface area contributed by atoms with Gasteiger partial charge in [-0.05, 0) is 57.6 Å². The maximum Gasteiger partial charge on any atom is 0.252 e. The van der Waals surface area contributed by atoms with E-state index in [9.17, 15) is 13.2 Å². The van der Waals surface area contributed by atoms with Crippen molar-refractivity contribution in [1.82, 2.24) is 9.29 Å². The average molecular weight is 466 g/mol. The van der Waals surface area contributed by atoms with Crippen molar-refractivity contribution in [3.63, 3.8) is 0 Å². The minimum atomic E-state index is -3.56. The average Bonchev–Trinajstić information content (AvgIpc) is 3.38. The number of nitrogens with zero attached hydrogens (tertiary/aromatic N) is 3. The molecule has 0 N–H and O–H groups in total. The van der Waals surface area contributed by atoms with Gasteiger partial charge in [0.05, 0.1) is 11.6 Å². The molecule has 4 rings (SSSR count). The Morgan fingerprint density at radius 2 is 2.10 bits per heavy atom. The van der Waals surface area contributed by atoms with Crippen LogP contribution in [0.4, 0.5) is 5.13 Å². The fourth-order valence-corrected chi connectivity index (χ4v) is 8.23. The largest absolute Gasteiger partial charge is 0.284 e. The Balaban J connectivity index is 1.54. The van der Waals surface area contributed by atoms with E-state index in [-0.39, 0.29) is 18.4 Å². The van der Waals surface area contributed by atoms with Gasteiger partial charge < -0.3 is 0 Å². The number of thiophene rings is 1. The Kier molecular flexibility index (Phi) is 6.43. The summed E-state index contributed by atoms with van der Waals surface area (Å²) in [6, 6.07) is 3.48. The van der Waals surface area contributed by atoms with Crippen molar-refractivity contribution in [2.45, 2.75) is 49.7 Å². The lowest BCUT2D eigenvalue weighted by atomic mass is 9.98. The van der Waals surface area contributed by atoms with E-state index in [1.54, 1.807) is 28.4 Å². The molecule has 1 saturated heterocycles. The number of sulfonamides is 1. The summed E-state index contributed by atoms with van der Waals surface area (Å²) in [4.78, 5) is 22.1. The maximum absolute atomic E-state index is 13.4. The van der Waals surface area contributed by atoms with Gasteiger partial charge in [0, 0.05) is 29.4 Å². The first-order valence-corrected chi connectivity index (χ1v) is 13.4. The number of anilines is 1. The number of hydrogen-bond acceptors (Lipinski definition) is 6. The summed E-state index contributed by atoms with van der Waals surface area (Å²) in [5.74, 6) is -0.418. The van der Waals surface area contributed by atoms with Crippen molar-refractivity contribution in [3.05, 3.63) is 40.2 Å². The van der Waals surface area contributed by atoms with Crippen LogP contribution in [0.2, 0.25) is 0 Å². The number of piperidine rings is 1. The van der Waals surface area contributed by atoms with Crippen molar-refractivity contribution in [1.29, 1.82) is 0 Å². The summed E-state index contributed by atoms with van der Waals surface area (Å²) >= 11 is 2.88. The van der Waals surface area contributed by atoms with E-state index in [4.69, 9.17) is 4.98 Å². The Morgan fingerprint density at radius 1 is 1.30 bits per heavy atom. The minimum Gasteiger partial charge on any atom is -0.284 e. The first-order chi connectivity index (χ1) is 14.4. The molecule has 1 atom stereocenters. The van der Waals surface area contributed by atoms with Crippen LogP contribution < -0.4 is 4.90 Å². The molecule has 162 valence electrons. The van der Waals surface area contributed by atoms with Crippen molar-refractivity contribution >= 4 is 43.7 Å². The van der Waals surface area contributed by atoms with E-state index in [0.717, 1.165) is 35.0 Å². The third kappa shape index (κ3) is 4.26.